The third-order valence-corrected chi connectivity index (χ3v) is 2.15. The van der Waals surface area contributed by atoms with E-state index in [1.807, 2.05) is 19.3 Å². The minimum Gasteiger partial charge on any atom is -0.378 e. The zero-order chi connectivity index (χ0) is 10.7. The van der Waals surface area contributed by atoms with E-state index in [2.05, 4.69) is 10.4 Å². The van der Waals surface area contributed by atoms with E-state index in [-0.39, 0.29) is 5.82 Å². The molecule has 2 rings (SSSR count). The Morgan fingerprint density at radius 3 is 2.87 bits per heavy atom. The van der Waals surface area contributed by atoms with E-state index in [4.69, 9.17) is 0 Å². The summed E-state index contributed by atoms with van der Waals surface area (Å²) in [4.78, 5) is 0. The van der Waals surface area contributed by atoms with Gasteiger partial charge in [0.2, 0.25) is 0 Å². The molecule has 0 amide bonds. The summed E-state index contributed by atoms with van der Waals surface area (Å²) in [5.41, 5.74) is 1.54. The van der Waals surface area contributed by atoms with Crippen molar-refractivity contribution >= 4 is 5.69 Å². The first kappa shape index (κ1) is 9.71. The highest BCUT2D eigenvalue weighted by atomic mass is 19.1. The first-order valence-electron chi connectivity index (χ1n) is 4.71. The molecule has 2 aromatic rings. The van der Waals surface area contributed by atoms with Gasteiger partial charge in [-0.1, -0.05) is 18.2 Å². The lowest BCUT2D eigenvalue weighted by atomic mass is 10.2. The highest BCUT2D eigenvalue weighted by Crippen LogP contribution is 2.10. The molecule has 0 fully saturated rings. The van der Waals surface area contributed by atoms with E-state index in [9.17, 15) is 4.39 Å². The summed E-state index contributed by atoms with van der Waals surface area (Å²) in [5.74, 6) is -0.186. The molecule has 1 heterocycles. The van der Waals surface area contributed by atoms with Gasteiger partial charge in [0, 0.05) is 25.4 Å². The van der Waals surface area contributed by atoms with Gasteiger partial charge in [-0.25, -0.2) is 4.39 Å². The number of aryl methyl sites for hydroxylation is 1. The fourth-order valence-corrected chi connectivity index (χ4v) is 1.35. The van der Waals surface area contributed by atoms with Crippen molar-refractivity contribution in [1.82, 2.24) is 9.78 Å². The molecule has 4 heteroatoms. The summed E-state index contributed by atoms with van der Waals surface area (Å²) in [5, 5.41) is 7.11. The molecule has 0 unspecified atom stereocenters. The van der Waals surface area contributed by atoms with Gasteiger partial charge in [-0.05, 0) is 6.07 Å². The number of hydrogen-bond acceptors (Lipinski definition) is 2. The molecular formula is C11H12FN3. The number of benzene rings is 1. The SMILES string of the molecule is Cn1cc(NCc2ccccc2F)cn1. The van der Waals surface area contributed by atoms with Gasteiger partial charge in [-0.3, -0.25) is 4.68 Å². The van der Waals surface area contributed by atoms with Crippen LogP contribution in [0.4, 0.5) is 10.1 Å². The molecule has 0 radical (unpaired) electrons. The molecule has 15 heavy (non-hydrogen) atoms. The van der Waals surface area contributed by atoms with Crippen LogP contribution in [-0.2, 0) is 13.6 Å². The predicted molar refractivity (Wildman–Crippen MR) is 56.9 cm³/mol. The topological polar surface area (TPSA) is 29.9 Å². The van der Waals surface area contributed by atoms with E-state index in [1.165, 1.54) is 6.07 Å². The minimum atomic E-state index is -0.186. The quantitative estimate of drug-likeness (QED) is 0.832. The fraction of sp³-hybridized carbons (Fsp3) is 0.182. The van der Waals surface area contributed by atoms with Crippen LogP contribution in [0, 0.1) is 5.82 Å². The molecule has 0 saturated carbocycles. The third kappa shape index (κ3) is 2.34. The van der Waals surface area contributed by atoms with Crippen molar-refractivity contribution in [2.24, 2.45) is 7.05 Å². The molecule has 0 spiro atoms. The van der Waals surface area contributed by atoms with Gasteiger partial charge < -0.3 is 5.32 Å². The zero-order valence-electron chi connectivity index (χ0n) is 8.44. The molecular weight excluding hydrogens is 193 g/mol. The largest absolute Gasteiger partial charge is 0.378 e. The lowest BCUT2D eigenvalue weighted by Crippen LogP contribution is -2.00. The lowest BCUT2D eigenvalue weighted by molar-refractivity contribution is 0.613. The van der Waals surface area contributed by atoms with Crippen molar-refractivity contribution in [3.05, 3.63) is 48.0 Å². The number of hydrogen-bond donors (Lipinski definition) is 1. The number of aromatic nitrogens is 2. The Kier molecular flexibility index (Phi) is 2.67. The average Bonchev–Trinajstić information content (AvgIpc) is 2.63. The van der Waals surface area contributed by atoms with E-state index < -0.39 is 0 Å². The normalized spacial score (nSPS) is 10.3. The van der Waals surface area contributed by atoms with E-state index in [0.29, 0.717) is 12.1 Å². The Hall–Kier alpha value is -1.84. The molecule has 78 valence electrons. The standard InChI is InChI=1S/C11H12FN3/c1-15-8-10(7-14-15)13-6-9-4-2-3-5-11(9)12/h2-5,7-8,13H,6H2,1H3. The van der Waals surface area contributed by atoms with Crippen LogP contribution < -0.4 is 5.32 Å². The molecule has 0 aliphatic carbocycles. The van der Waals surface area contributed by atoms with Crippen molar-refractivity contribution in [2.75, 3.05) is 5.32 Å². The molecule has 0 atom stereocenters. The van der Waals surface area contributed by atoms with Crippen LogP contribution >= 0.6 is 0 Å². The van der Waals surface area contributed by atoms with Crippen LogP contribution in [0.15, 0.2) is 36.7 Å². The smallest absolute Gasteiger partial charge is 0.128 e. The molecule has 0 aliphatic heterocycles. The zero-order valence-corrected chi connectivity index (χ0v) is 8.44. The average molecular weight is 205 g/mol. The highest BCUT2D eigenvalue weighted by molar-refractivity contribution is 5.39. The number of anilines is 1. The maximum Gasteiger partial charge on any atom is 0.128 e. The second-order valence-corrected chi connectivity index (χ2v) is 3.35. The molecule has 1 aromatic carbocycles. The van der Waals surface area contributed by atoms with Gasteiger partial charge in [0.1, 0.15) is 5.82 Å². The van der Waals surface area contributed by atoms with Gasteiger partial charge in [-0.2, -0.15) is 5.10 Å². The van der Waals surface area contributed by atoms with Gasteiger partial charge in [0.25, 0.3) is 0 Å². The summed E-state index contributed by atoms with van der Waals surface area (Å²) >= 11 is 0. The van der Waals surface area contributed by atoms with Gasteiger partial charge in [-0.15, -0.1) is 0 Å². The predicted octanol–water partition coefficient (Wildman–Crippen LogP) is 2.17. The Balaban J connectivity index is 2.02. The number of rotatable bonds is 3. The van der Waals surface area contributed by atoms with E-state index in [0.717, 1.165) is 5.69 Å². The van der Waals surface area contributed by atoms with Crippen LogP contribution in [-0.4, -0.2) is 9.78 Å². The maximum absolute atomic E-state index is 13.2. The fourth-order valence-electron chi connectivity index (χ4n) is 1.35. The van der Waals surface area contributed by atoms with E-state index in [1.54, 1.807) is 23.0 Å². The van der Waals surface area contributed by atoms with Gasteiger partial charge in [0.15, 0.2) is 0 Å². The number of nitrogens with one attached hydrogen (secondary N) is 1. The number of nitrogens with zero attached hydrogens (tertiary/aromatic N) is 2. The molecule has 3 nitrogen and oxygen atoms in total. The van der Waals surface area contributed by atoms with Crippen molar-refractivity contribution in [2.45, 2.75) is 6.54 Å². The van der Waals surface area contributed by atoms with Gasteiger partial charge in [0.05, 0.1) is 11.9 Å². The van der Waals surface area contributed by atoms with E-state index >= 15 is 0 Å². The van der Waals surface area contributed by atoms with Crippen LogP contribution in [0.25, 0.3) is 0 Å². The Morgan fingerprint density at radius 2 is 2.20 bits per heavy atom. The first-order valence-corrected chi connectivity index (χ1v) is 4.71. The summed E-state index contributed by atoms with van der Waals surface area (Å²) < 4.78 is 14.9. The summed E-state index contributed by atoms with van der Waals surface area (Å²) in [6, 6.07) is 6.73. The van der Waals surface area contributed by atoms with Crippen molar-refractivity contribution in [3.63, 3.8) is 0 Å². The van der Waals surface area contributed by atoms with Crippen molar-refractivity contribution in [1.29, 1.82) is 0 Å². The van der Waals surface area contributed by atoms with Crippen LogP contribution in [0.1, 0.15) is 5.56 Å². The molecule has 1 N–H and O–H groups in total. The van der Waals surface area contributed by atoms with Crippen LogP contribution in [0.3, 0.4) is 0 Å². The Labute approximate surface area is 87.5 Å². The second kappa shape index (κ2) is 4.13. The van der Waals surface area contributed by atoms with Crippen LogP contribution in [0.2, 0.25) is 0 Å². The maximum atomic E-state index is 13.2. The highest BCUT2D eigenvalue weighted by Gasteiger charge is 2.00. The monoisotopic (exact) mass is 205 g/mol. The Bertz CT molecular complexity index is 451. The second-order valence-electron chi connectivity index (χ2n) is 3.35. The van der Waals surface area contributed by atoms with Crippen LogP contribution in [0.5, 0.6) is 0 Å². The van der Waals surface area contributed by atoms with Crippen molar-refractivity contribution in [3.8, 4) is 0 Å². The summed E-state index contributed by atoms with van der Waals surface area (Å²) in [7, 11) is 1.84. The summed E-state index contributed by atoms with van der Waals surface area (Å²) in [6.45, 7) is 0.471. The van der Waals surface area contributed by atoms with Gasteiger partial charge >= 0.3 is 0 Å². The molecule has 1 aromatic heterocycles. The lowest BCUT2D eigenvalue weighted by Gasteiger charge is -2.04. The first-order chi connectivity index (χ1) is 7.25. The molecule has 0 bridgehead atoms. The van der Waals surface area contributed by atoms with Crippen molar-refractivity contribution < 1.29 is 4.39 Å². The molecule has 0 aliphatic rings. The molecule has 0 saturated heterocycles. The minimum absolute atomic E-state index is 0.186. The number of halogens is 1. The third-order valence-electron chi connectivity index (χ3n) is 2.15. The Morgan fingerprint density at radius 1 is 1.40 bits per heavy atom. The summed E-state index contributed by atoms with van der Waals surface area (Å²) in [6.07, 6.45) is 3.56.